The van der Waals surface area contributed by atoms with Crippen LogP contribution >= 0.6 is 0 Å². The molecule has 1 amide bonds. The number of carbonyl (C=O) groups excluding carboxylic acids is 1. The number of nitrogens with zero attached hydrogens (tertiary/aromatic N) is 3. The monoisotopic (exact) mass is 278 g/mol. The summed E-state index contributed by atoms with van der Waals surface area (Å²) < 4.78 is 0. The molecule has 0 bridgehead atoms. The highest BCUT2D eigenvalue weighted by Crippen LogP contribution is 2.06. The Bertz CT molecular complexity index is 469. The molecule has 0 aliphatic carbocycles. The van der Waals surface area contributed by atoms with Gasteiger partial charge < -0.3 is 20.7 Å². The summed E-state index contributed by atoms with van der Waals surface area (Å²) in [5.74, 6) is 0.134. The van der Waals surface area contributed by atoms with Crippen molar-refractivity contribution in [3.05, 3.63) is 35.4 Å². The molecule has 3 N–H and O–H groups in total. The maximum atomic E-state index is 12.0. The molecule has 110 valence electrons. The van der Waals surface area contributed by atoms with E-state index in [1.165, 1.54) is 0 Å². The van der Waals surface area contributed by atoms with Crippen LogP contribution in [0, 0.1) is 0 Å². The third-order valence-electron chi connectivity index (χ3n) is 3.02. The zero-order valence-corrected chi connectivity index (χ0v) is 12.2. The fourth-order valence-corrected chi connectivity index (χ4v) is 1.64. The average Bonchev–Trinajstić information content (AvgIpc) is 2.44. The largest absolute Gasteiger partial charge is 0.409 e. The topological polar surface area (TPSA) is 82.2 Å². The maximum absolute atomic E-state index is 12.0. The van der Waals surface area contributed by atoms with E-state index in [9.17, 15) is 4.79 Å². The number of rotatable bonds is 6. The van der Waals surface area contributed by atoms with Gasteiger partial charge in [0.2, 0.25) is 5.91 Å². The van der Waals surface area contributed by atoms with Gasteiger partial charge in [0.1, 0.15) is 0 Å². The highest BCUT2D eigenvalue weighted by molar-refractivity contribution is 5.97. The van der Waals surface area contributed by atoms with Crippen molar-refractivity contribution in [2.75, 3.05) is 34.2 Å². The van der Waals surface area contributed by atoms with Crippen molar-refractivity contribution in [1.29, 1.82) is 0 Å². The molecular weight excluding hydrogens is 256 g/mol. The number of nitrogens with two attached hydrogens (primary N) is 1. The molecule has 1 aromatic rings. The van der Waals surface area contributed by atoms with Gasteiger partial charge in [-0.05, 0) is 19.7 Å². The molecule has 6 heteroatoms. The van der Waals surface area contributed by atoms with E-state index in [-0.39, 0.29) is 11.7 Å². The van der Waals surface area contributed by atoms with Crippen molar-refractivity contribution in [1.82, 2.24) is 9.80 Å². The van der Waals surface area contributed by atoms with Gasteiger partial charge in [-0.15, -0.1) is 0 Å². The van der Waals surface area contributed by atoms with E-state index in [1.54, 1.807) is 24.1 Å². The lowest BCUT2D eigenvalue weighted by molar-refractivity contribution is -0.129. The number of hydrogen-bond donors (Lipinski definition) is 2. The quantitative estimate of drug-likeness (QED) is 0.340. The van der Waals surface area contributed by atoms with Gasteiger partial charge in [0.15, 0.2) is 5.84 Å². The SMILES string of the molecule is CN(C)CCN(C)C(=O)Cc1ccc(C(N)=NO)cc1. The van der Waals surface area contributed by atoms with E-state index in [0.29, 0.717) is 18.5 Å². The molecule has 0 aliphatic heterocycles. The van der Waals surface area contributed by atoms with Crippen LogP contribution in [0.1, 0.15) is 11.1 Å². The number of hydrogen-bond acceptors (Lipinski definition) is 4. The number of likely N-dealkylation sites (N-methyl/N-ethyl adjacent to an activating group) is 2. The summed E-state index contributed by atoms with van der Waals surface area (Å²) in [7, 11) is 5.75. The summed E-state index contributed by atoms with van der Waals surface area (Å²) in [6, 6.07) is 7.09. The fraction of sp³-hybridized carbons (Fsp3) is 0.429. The van der Waals surface area contributed by atoms with Gasteiger partial charge in [-0.3, -0.25) is 4.79 Å². The molecule has 1 aromatic carbocycles. The van der Waals surface area contributed by atoms with Crippen molar-refractivity contribution >= 4 is 11.7 Å². The summed E-state index contributed by atoms with van der Waals surface area (Å²) in [5.41, 5.74) is 7.02. The molecule has 0 saturated carbocycles. The third-order valence-corrected chi connectivity index (χ3v) is 3.02. The van der Waals surface area contributed by atoms with Crippen molar-refractivity contribution in [3.8, 4) is 0 Å². The van der Waals surface area contributed by atoms with Crippen LogP contribution in [-0.4, -0.2) is 61.0 Å². The number of carbonyl (C=O) groups is 1. The first-order chi connectivity index (χ1) is 9.43. The Balaban J connectivity index is 2.58. The average molecular weight is 278 g/mol. The smallest absolute Gasteiger partial charge is 0.226 e. The number of benzene rings is 1. The second-order valence-electron chi connectivity index (χ2n) is 4.98. The van der Waals surface area contributed by atoms with Crippen molar-refractivity contribution < 1.29 is 10.0 Å². The van der Waals surface area contributed by atoms with Crippen LogP contribution in [0.3, 0.4) is 0 Å². The van der Waals surface area contributed by atoms with Gasteiger partial charge >= 0.3 is 0 Å². The zero-order chi connectivity index (χ0) is 15.1. The molecule has 6 nitrogen and oxygen atoms in total. The first-order valence-electron chi connectivity index (χ1n) is 6.39. The Morgan fingerprint density at radius 2 is 1.80 bits per heavy atom. The van der Waals surface area contributed by atoms with Gasteiger partial charge in [-0.25, -0.2) is 0 Å². The summed E-state index contributed by atoms with van der Waals surface area (Å²) in [5, 5.41) is 11.5. The van der Waals surface area contributed by atoms with E-state index in [0.717, 1.165) is 12.1 Å². The van der Waals surface area contributed by atoms with Gasteiger partial charge in [0.25, 0.3) is 0 Å². The Morgan fingerprint density at radius 3 is 2.30 bits per heavy atom. The zero-order valence-electron chi connectivity index (χ0n) is 12.2. The summed E-state index contributed by atoms with van der Waals surface area (Å²) >= 11 is 0. The summed E-state index contributed by atoms with van der Waals surface area (Å²) in [4.78, 5) is 15.8. The molecule has 0 aliphatic rings. The van der Waals surface area contributed by atoms with Gasteiger partial charge in [0.05, 0.1) is 6.42 Å². The summed E-state index contributed by atoms with van der Waals surface area (Å²) in [6.45, 7) is 1.54. The predicted molar refractivity (Wildman–Crippen MR) is 78.8 cm³/mol. The maximum Gasteiger partial charge on any atom is 0.226 e. The molecule has 0 radical (unpaired) electrons. The van der Waals surface area contributed by atoms with E-state index in [1.807, 2.05) is 31.1 Å². The van der Waals surface area contributed by atoms with Crippen LogP contribution in [-0.2, 0) is 11.2 Å². The molecule has 0 fully saturated rings. The number of amides is 1. The molecule has 0 saturated heterocycles. The molecular formula is C14H22N4O2. The molecule has 0 heterocycles. The van der Waals surface area contributed by atoms with Crippen LogP contribution < -0.4 is 5.73 Å². The Hall–Kier alpha value is -2.08. The lowest BCUT2D eigenvalue weighted by atomic mass is 10.1. The minimum absolute atomic E-state index is 0.0611. The van der Waals surface area contributed by atoms with Gasteiger partial charge in [-0.1, -0.05) is 29.4 Å². The Kier molecular flexibility index (Phi) is 5.99. The highest BCUT2D eigenvalue weighted by atomic mass is 16.4. The van der Waals surface area contributed by atoms with E-state index >= 15 is 0 Å². The lowest BCUT2D eigenvalue weighted by Gasteiger charge is -2.19. The molecule has 0 aromatic heterocycles. The van der Waals surface area contributed by atoms with Crippen molar-refractivity contribution in [3.63, 3.8) is 0 Å². The van der Waals surface area contributed by atoms with Gasteiger partial charge in [0, 0.05) is 25.7 Å². The van der Waals surface area contributed by atoms with Crippen molar-refractivity contribution in [2.45, 2.75) is 6.42 Å². The van der Waals surface area contributed by atoms with Crippen LogP contribution in [0.5, 0.6) is 0 Å². The van der Waals surface area contributed by atoms with Crippen molar-refractivity contribution in [2.24, 2.45) is 10.9 Å². The lowest BCUT2D eigenvalue weighted by Crippen LogP contribution is -2.34. The normalized spacial score (nSPS) is 11.7. The van der Waals surface area contributed by atoms with E-state index in [4.69, 9.17) is 10.9 Å². The Morgan fingerprint density at radius 1 is 1.20 bits per heavy atom. The number of oxime groups is 1. The molecule has 1 rings (SSSR count). The Labute approximate surface area is 119 Å². The minimum atomic E-state index is 0.0611. The fourth-order valence-electron chi connectivity index (χ4n) is 1.64. The molecule has 0 atom stereocenters. The highest BCUT2D eigenvalue weighted by Gasteiger charge is 2.10. The van der Waals surface area contributed by atoms with Crippen LogP contribution in [0.4, 0.5) is 0 Å². The third kappa shape index (κ3) is 4.89. The second kappa shape index (κ2) is 7.49. The van der Waals surface area contributed by atoms with E-state index < -0.39 is 0 Å². The standard InChI is InChI=1S/C14H22N4O2/c1-17(2)8-9-18(3)13(19)10-11-4-6-12(7-5-11)14(15)16-20/h4-7,20H,8-10H2,1-3H3,(H2,15,16). The van der Waals surface area contributed by atoms with Crippen LogP contribution in [0.25, 0.3) is 0 Å². The first-order valence-corrected chi connectivity index (χ1v) is 6.39. The molecule has 20 heavy (non-hydrogen) atoms. The first kappa shape index (κ1) is 16.0. The molecule has 0 spiro atoms. The minimum Gasteiger partial charge on any atom is -0.409 e. The van der Waals surface area contributed by atoms with E-state index in [2.05, 4.69) is 5.16 Å². The molecule has 0 unspecified atom stereocenters. The predicted octanol–water partition coefficient (Wildman–Crippen LogP) is 0.344. The summed E-state index contributed by atoms with van der Waals surface area (Å²) in [6.07, 6.45) is 0.348. The number of amidine groups is 1. The van der Waals surface area contributed by atoms with Crippen LogP contribution in [0.15, 0.2) is 29.4 Å². The van der Waals surface area contributed by atoms with Crippen LogP contribution in [0.2, 0.25) is 0 Å². The van der Waals surface area contributed by atoms with Gasteiger partial charge in [-0.2, -0.15) is 0 Å². The second-order valence-corrected chi connectivity index (χ2v) is 4.98.